The maximum absolute atomic E-state index is 11.5. The van der Waals surface area contributed by atoms with Gasteiger partial charge in [-0.25, -0.2) is 8.42 Å². The lowest BCUT2D eigenvalue weighted by molar-refractivity contribution is 0.597. The van der Waals surface area contributed by atoms with Gasteiger partial charge >= 0.3 is 0 Å². The van der Waals surface area contributed by atoms with Gasteiger partial charge in [0.15, 0.2) is 9.84 Å². The van der Waals surface area contributed by atoms with Gasteiger partial charge in [-0.3, -0.25) is 0 Å². The molecular formula is C12H18O2S. The van der Waals surface area contributed by atoms with Gasteiger partial charge in [-0.2, -0.15) is 0 Å². The molecule has 1 aromatic carbocycles. The Morgan fingerprint density at radius 2 is 1.67 bits per heavy atom. The zero-order valence-electron chi connectivity index (χ0n) is 9.36. The Labute approximate surface area is 92.2 Å². The monoisotopic (exact) mass is 226 g/mol. The molecule has 3 heteroatoms. The molecule has 0 saturated carbocycles. The minimum absolute atomic E-state index is 0.168. The molecule has 0 atom stereocenters. The van der Waals surface area contributed by atoms with Gasteiger partial charge in [-0.1, -0.05) is 32.4 Å². The van der Waals surface area contributed by atoms with Crippen molar-refractivity contribution < 1.29 is 8.42 Å². The van der Waals surface area contributed by atoms with Crippen molar-refractivity contribution >= 4 is 9.84 Å². The van der Waals surface area contributed by atoms with Crippen LogP contribution >= 0.6 is 0 Å². The summed E-state index contributed by atoms with van der Waals surface area (Å²) >= 11 is 0. The van der Waals surface area contributed by atoms with Crippen molar-refractivity contribution in [1.82, 2.24) is 0 Å². The van der Waals surface area contributed by atoms with Crippen LogP contribution in [0.15, 0.2) is 29.2 Å². The van der Waals surface area contributed by atoms with E-state index in [4.69, 9.17) is 0 Å². The van der Waals surface area contributed by atoms with E-state index in [9.17, 15) is 8.42 Å². The van der Waals surface area contributed by atoms with Crippen LogP contribution in [0.25, 0.3) is 0 Å². The van der Waals surface area contributed by atoms with E-state index in [0.717, 1.165) is 19.3 Å². The van der Waals surface area contributed by atoms with Crippen molar-refractivity contribution in [3.05, 3.63) is 29.8 Å². The van der Waals surface area contributed by atoms with Gasteiger partial charge in [0.1, 0.15) is 0 Å². The van der Waals surface area contributed by atoms with Crippen LogP contribution in [0.4, 0.5) is 0 Å². The summed E-state index contributed by atoms with van der Waals surface area (Å²) in [5, 5.41) is 0. The highest BCUT2D eigenvalue weighted by atomic mass is 32.2. The summed E-state index contributed by atoms with van der Waals surface area (Å²) in [6, 6.07) is 7.25. The molecule has 0 aliphatic rings. The summed E-state index contributed by atoms with van der Waals surface area (Å²) in [7, 11) is -3.04. The molecule has 0 fully saturated rings. The molecule has 0 heterocycles. The maximum atomic E-state index is 11.5. The van der Waals surface area contributed by atoms with E-state index in [1.165, 1.54) is 5.56 Å². The highest BCUT2D eigenvalue weighted by Crippen LogP contribution is 2.13. The summed E-state index contributed by atoms with van der Waals surface area (Å²) < 4.78 is 23.1. The third-order valence-corrected chi connectivity index (χ3v) is 4.23. The number of unbranched alkanes of at least 4 members (excludes halogenated alkanes) is 1. The normalized spacial score (nSPS) is 11.6. The molecule has 0 bridgehead atoms. The van der Waals surface area contributed by atoms with Gasteiger partial charge in [-0.15, -0.1) is 0 Å². The minimum atomic E-state index is -3.04. The average molecular weight is 226 g/mol. The number of aryl methyl sites for hydroxylation is 1. The van der Waals surface area contributed by atoms with Crippen LogP contribution in [0.1, 0.15) is 32.3 Å². The average Bonchev–Trinajstić information content (AvgIpc) is 2.27. The zero-order valence-corrected chi connectivity index (χ0v) is 10.2. The molecule has 1 aromatic rings. The van der Waals surface area contributed by atoms with E-state index in [-0.39, 0.29) is 5.75 Å². The topological polar surface area (TPSA) is 34.1 Å². The molecule has 0 spiro atoms. The minimum Gasteiger partial charge on any atom is -0.224 e. The fourth-order valence-corrected chi connectivity index (χ4v) is 2.30. The predicted molar refractivity (Wildman–Crippen MR) is 62.8 cm³/mol. The van der Waals surface area contributed by atoms with E-state index < -0.39 is 9.84 Å². The standard InChI is InChI=1S/C12H18O2S/c1-3-5-6-11-7-9-12(10-8-11)15(13,14)4-2/h7-10H,3-6H2,1-2H3. The quantitative estimate of drug-likeness (QED) is 0.773. The molecular weight excluding hydrogens is 208 g/mol. The number of benzene rings is 1. The maximum Gasteiger partial charge on any atom is 0.178 e. The summed E-state index contributed by atoms with van der Waals surface area (Å²) in [6.07, 6.45) is 3.35. The molecule has 15 heavy (non-hydrogen) atoms. The second kappa shape index (κ2) is 5.31. The molecule has 0 amide bonds. The summed E-state index contributed by atoms with van der Waals surface area (Å²) in [6.45, 7) is 3.82. The first kappa shape index (κ1) is 12.2. The Bertz CT molecular complexity index is 390. The SMILES string of the molecule is CCCCc1ccc(S(=O)(=O)CC)cc1. The highest BCUT2D eigenvalue weighted by molar-refractivity contribution is 7.91. The van der Waals surface area contributed by atoms with Crippen molar-refractivity contribution in [2.75, 3.05) is 5.75 Å². The summed E-state index contributed by atoms with van der Waals surface area (Å²) in [5.74, 6) is 0.168. The lowest BCUT2D eigenvalue weighted by Gasteiger charge is -2.03. The molecule has 0 N–H and O–H groups in total. The van der Waals surface area contributed by atoms with E-state index in [0.29, 0.717) is 4.90 Å². The van der Waals surface area contributed by atoms with E-state index in [1.54, 1.807) is 19.1 Å². The molecule has 84 valence electrons. The van der Waals surface area contributed by atoms with Gasteiger partial charge in [0.2, 0.25) is 0 Å². The zero-order chi connectivity index (χ0) is 11.3. The van der Waals surface area contributed by atoms with Gasteiger partial charge in [0.05, 0.1) is 10.6 Å². The molecule has 0 aromatic heterocycles. The Balaban J connectivity index is 2.81. The van der Waals surface area contributed by atoms with E-state index >= 15 is 0 Å². The Morgan fingerprint density at radius 1 is 1.07 bits per heavy atom. The first-order valence-corrected chi connectivity index (χ1v) is 7.07. The van der Waals surface area contributed by atoms with E-state index in [1.807, 2.05) is 12.1 Å². The summed E-state index contributed by atoms with van der Waals surface area (Å²) in [5.41, 5.74) is 1.21. The van der Waals surface area contributed by atoms with Crippen molar-refractivity contribution in [2.45, 2.75) is 38.0 Å². The third-order valence-electron chi connectivity index (χ3n) is 2.48. The van der Waals surface area contributed by atoms with Crippen LogP contribution in [0.5, 0.6) is 0 Å². The molecule has 1 rings (SSSR count). The predicted octanol–water partition coefficient (Wildman–Crippen LogP) is 2.82. The highest BCUT2D eigenvalue weighted by Gasteiger charge is 2.10. The van der Waals surface area contributed by atoms with E-state index in [2.05, 4.69) is 6.92 Å². The number of sulfone groups is 1. The Morgan fingerprint density at radius 3 is 2.13 bits per heavy atom. The molecule has 0 unspecified atom stereocenters. The fraction of sp³-hybridized carbons (Fsp3) is 0.500. The smallest absolute Gasteiger partial charge is 0.178 e. The first-order valence-electron chi connectivity index (χ1n) is 5.42. The fourth-order valence-electron chi connectivity index (χ4n) is 1.41. The number of hydrogen-bond donors (Lipinski definition) is 0. The van der Waals surface area contributed by atoms with Crippen LogP contribution in [-0.4, -0.2) is 14.2 Å². The van der Waals surface area contributed by atoms with Crippen LogP contribution in [0, 0.1) is 0 Å². The molecule has 0 aliphatic heterocycles. The third kappa shape index (κ3) is 3.34. The first-order chi connectivity index (χ1) is 7.10. The molecule has 2 nitrogen and oxygen atoms in total. The van der Waals surface area contributed by atoms with Gasteiger partial charge in [0.25, 0.3) is 0 Å². The van der Waals surface area contributed by atoms with Crippen molar-refractivity contribution in [3.63, 3.8) is 0 Å². The number of hydrogen-bond acceptors (Lipinski definition) is 2. The van der Waals surface area contributed by atoms with Crippen molar-refractivity contribution in [1.29, 1.82) is 0 Å². The van der Waals surface area contributed by atoms with Crippen LogP contribution < -0.4 is 0 Å². The lowest BCUT2D eigenvalue weighted by atomic mass is 10.1. The Kier molecular flexibility index (Phi) is 4.33. The Hall–Kier alpha value is -0.830. The molecule has 0 radical (unpaired) electrons. The van der Waals surface area contributed by atoms with Crippen LogP contribution in [0.2, 0.25) is 0 Å². The van der Waals surface area contributed by atoms with Gasteiger partial charge in [-0.05, 0) is 30.5 Å². The van der Waals surface area contributed by atoms with Crippen LogP contribution in [-0.2, 0) is 16.3 Å². The van der Waals surface area contributed by atoms with Gasteiger partial charge < -0.3 is 0 Å². The number of rotatable bonds is 5. The lowest BCUT2D eigenvalue weighted by Crippen LogP contribution is -2.03. The van der Waals surface area contributed by atoms with Crippen LogP contribution in [0.3, 0.4) is 0 Å². The largest absolute Gasteiger partial charge is 0.224 e. The van der Waals surface area contributed by atoms with Crippen molar-refractivity contribution in [2.24, 2.45) is 0 Å². The molecule has 0 saturated heterocycles. The second-order valence-corrected chi connectivity index (χ2v) is 5.93. The second-order valence-electron chi connectivity index (χ2n) is 3.65. The van der Waals surface area contributed by atoms with Gasteiger partial charge in [0, 0.05) is 0 Å². The summed E-state index contributed by atoms with van der Waals surface area (Å²) in [4.78, 5) is 0.435. The van der Waals surface area contributed by atoms with Crippen molar-refractivity contribution in [3.8, 4) is 0 Å². The molecule has 0 aliphatic carbocycles.